The molecule has 0 fully saturated rings. The van der Waals surface area contributed by atoms with Gasteiger partial charge in [-0.25, -0.2) is 0 Å². The van der Waals surface area contributed by atoms with E-state index in [0.717, 1.165) is 21.6 Å². The van der Waals surface area contributed by atoms with E-state index in [1.54, 1.807) is 28.4 Å². The lowest BCUT2D eigenvalue weighted by molar-refractivity contribution is 0.324. The third kappa shape index (κ3) is 4.14. The minimum Gasteiger partial charge on any atom is -0.495 e. The van der Waals surface area contributed by atoms with E-state index >= 15 is 0 Å². The number of nitrogens with two attached hydrogens (primary N) is 1. The van der Waals surface area contributed by atoms with Gasteiger partial charge in [-0.2, -0.15) is 4.37 Å². The lowest BCUT2D eigenvalue weighted by Gasteiger charge is -2.14. The highest BCUT2D eigenvalue weighted by molar-refractivity contribution is 7.10. The van der Waals surface area contributed by atoms with Gasteiger partial charge >= 0.3 is 0 Å². The zero-order chi connectivity index (χ0) is 20.7. The molecular formula is C21H26N2O4S. The van der Waals surface area contributed by atoms with Crippen molar-refractivity contribution in [2.45, 2.75) is 13.8 Å². The Morgan fingerprint density at radius 3 is 1.89 bits per heavy atom. The van der Waals surface area contributed by atoms with Crippen LogP contribution in [0.5, 0.6) is 23.0 Å². The van der Waals surface area contributed by atoms with Crippen LogP contribution in [0.25, 0.3) is 21.6 Å². The first-order valence-electron chi connectivity index (χ1n) is 8.81. The summed E-state index contributed by atoms with van der Waals surface area (Å²) in [4.78, 5) is 0.994. The molecule has 0 aliphatic carbocycles. The largest absolute Gasteiger partial charge is 0.495 e. The summed E-state index contributed by atoms with van der Waals surface area (Å²) in [6, 6.07) is 9.50. The topological polar surface area (TPSA) is 75.8 Å². The number of anilines is 1. The van der Waals surface area contributed by atoms with Gasteiger partial charge in [0.1, 0.15) is 5.75 Å². The summed E-state index contributed by atoms with van der Waals surface area (Å²) in [6.07, 6.45) is 1.82. The van der Waals surface area contributed by atoms with Gasteiger partial charge in [-0.1, -0.05) is 13.8 Å². The van der Waals surface area contributed by atoms with Gasteiger partial charge in [-0.05, 0) is 53.0 Å². The standard InChI is InChI=1S/C19H20N2O4S.C2H6/c1-22-15-6-5-11(7-14(15)20)19-13(10-21-26-19)12-8-16(23-2)18(25-4)17(9-12)24-3;1-2/h5-10H,20H2,1-4H3;1-2H3. The number of hydrogen-bond acceptors (Lipinski definition) is 7. The molecule has 0 saturated heterocycles. The Bertz CT molecular complexity index is 900. The first-order valence-corrected chi connectivity index (χ1v) is 9.59. The minimum atomic E-state index is 0.553. The maximum atomic E-state index is 6.06. The molecule has 0 spiro atoms. The van der Waals surface area contributed by atoms with E-state index in [2.05, 4.69) is 4.37 Å². The number of methoxy groups -OCH3 is 4. The molecule has 0 atom stereocenters. The Kier molecular flexibility index (Phi) is 7.52. The molecule has 150 valence electrons. The molecule has 0 aliphatic rings. The van der Waals surface area contributed by atoms with Crippen LogP contribution < -0.4 is 24.7 Å². The number of nitrogens with zero attached hydrogens (tertiary/aromatic N) is 1. The third-order valence-corrected chi connectivity index (χ3v) is 4.89. The van der Waals surface area contributed by atoms with Gasteiger partial charge in [-0.3, -0.25) is 0 Å². The van der Waals surface area contributed by atoms with Gasteiger partial charge in [0.05, 0.1) is 39.0 Å². The van der Waals surface area contributed by atoms with Crippen LogP contribution >= 0.6 is 11.5 Å². The molecule has 0 unspecified atom stereocenters. The zero-order valence-corrected chi connectivity index (χ0v) is 17.8. The molecule has 1 aromatic heterocycles. The van der Waals surface area contributed by atoms with Crippen LogP contribution in [0, 0.1) is 0 Å². The van der Waals surface area contributed by atoms with E-state index in [1.807, 2.05) is 50.4 Å². The van der Waals surface area contributed by atoms with Crippen molar-refractivity contribution in [1.82, 2.24) is 4.37 Å². The second-order valence-corrected chi connectivity index (χ2v) is 6.24. The van der Waals surface area contributed by atoms with Crippen molar-refractivity contribution in [2.75, 3.05) is 34.2 Å². The lowest BCUT2D eigenvalue weighted by Crippen LogP contribution is -1.96. The molecule has 6 nitrogen and oxygen atoms in total. The summed E-state index contributed by atoms with van der Waals surface area (Å²) >= 11 is 1.40. The van der Waals surface area contributed by atoms with Crippen LogP contribution in [0.15, 0.2) is 36.5 Å². The fraction of sp³-hybridized carbons (Fsp3) is 0.286. The van der Waals surface area contributed by atoms with Gasteiger partial charge < -0.3 is 24.7 Å². The Hall–Kier alpha value is -2.93. The van der Waals surface area contributed by atoms with E-state index in [9.17, 15) is 0 Å². The predicted octanol–water partition coefficient (Wildman–Crippen LogP) is 5.12. The minimum absolute atomic E-state index is 0.553. The van der Waals surface area contributed by atoms with Crippen LogP contribution in [0.1, 0.15) is 13.8 Å². The normalized spacial score (nSPS) is 9.93. The molecule has 28 heavy (non-hydrogen) atoms. The van der Waals surface area contributed by atoms with E-state index in [0.29, 0.717) is 28.7 Å². The Morgan fingerprint density at radius 2 is 1.39 bits per heavy atom. The van der Waals surface area contributed by atoms with Crippen LogP contribution in [0.2, 0.25) is 0 Å². The first-order chi connectivity index (χ1) is 13.6. The smallest absolute Gasteiger partial charge is 0.203 e. The van der Waals surface area contributed by atoms with E-state index < -0.39 is 0 Å². The Balaban J connectivity index is 0.00000136. The van der Waals surface area contributed by atoms with Crippen LogP contribution in [0.4, 0.5) is 5.69 Å². The van der Waals surface area contributed by atoms with Crippen molar-refractivity contribution in [2.24, 2.45) is 0 Å². The van der Waals surface area contributed by atoms with Crippen molar-refractivity contribution >= 4 is 17.2 Å². The molecule has 3 aromatic rings. The summed E-state index contributed by atoms with van der Waals surface area (Å²) < 4.78 is 25.9. The Morgan fingerprint density at radius 1 is 0.786 bits per heavy atom. The Labute approximate surface area is 170 Å². The monoisotopic (exact) mass is 402 g/mol. The summed E-state index contributed by atoms with van der Waals surface area (Å²) in [5, 5.41) is 0. The first kappa shape index (κ1) is 21.4. The average molecular weight is 403 g/mol. The number of aromatic nitrogens is 1. The highest BCUT2D eigenvalue weighted by Gasteiger charge is 2.18. The van der Waals surface area contributed by atoms with Gasteiger partial charge in [-0.15, -0.1) is 0 Å². The molecule has 3 rings (SSSR count). The summed E-state index contributed by atoms with van der Waals surface area (Å²) in [5.74, 6) is 2.38. The molecule has 0 amide bonds. The van der Waals surface area contributed by atoms with Crippen molar-refractivity contribution in [3.63, 3.8) is 0 Å². The van der Waals surface area contributed by atoms with Crippen molar-refractivity contribution in [1.29, 1.82) is 0 Å². The van der Waals surface area contributed by atoms with Crippen molar-refractivity contribution in [3.05, 3.63) is 36.5 Å². The van der Waals surface area contributed by atoms with Gasteiger partial charge in [0.2, 0.25) is 5.75 Å². The maximum absolute atomic E-state index is 6.06. The second kappa shape index (κ2) is 9.85. The third-order valence-electron chi connectivity index (χ3n) is 4.04. The molecule has 0 aliphatic heterocycles. The van der Waals surface area contributed by atoms with Crippen molar-refractivity contribution < 1.29 is 18.9 Å². The van der Waals surface area contributed by atoms with E-state index in [-0.39, 0.29) is 0 Å². The van der Waals surface area contributed by atoms with Crippen LogP contribution in [-0.2, 0) is 0 Å². The molecular weight excluding hydrogens is 376 g/mol. The fourth-order valence-corrected chi connectivity index (χ4v) is 3.53. The number of nitrogen functional groups attached to an aromatic ring is 1. The molecule has 0 radical (unpaired) electrons. The molecule has 0 saturated carbocycles. The number of rotatable bonds is 6. The molecule has 2 aromatic carbocycles. The van der Waals surface area contributed by atoms with Gasteiger partial charge in [0, 0.05) is 11.8 Å². The van der Waals surface area contributed by atoms with Gasteiger partial charge in [0.15, 0.2) is 11.5 Å². The van der Waals surface area contributed by atoms with Gasteiger partial charge in [0.25, 0.3) is 0 Å². The predicted molar refractivity (Wildman–Crippen MR) is 115 cm³/mol. The maximum Gasteiger partial charge on any atom is 0.203 e. The number of benzene rings is 2. The van der Waals surface area contributed by atoms with E-state index in [1.165, 1.54) is 11.5 Å². The highest BCUT2D eigenvalue weighted by Crippen LogP contribution is 2.44. The zero-order valence-electron chi connectivity index (χ0n) is 17.0. The molecule has 0 bridgehead atoms. The average Bonchev–Trinajstić information content (AvgIpc) is 3.23. The summed E-state index contributed by atoms with van der Waals surface area (Å²) in [7, 11) is 6.37. The molecule has 7 heteroatoms. The van der Waals surface area contributed by atoms with E-state index in [4.69, 9.17) is 24.7 Å². The fourth-order valence-electron chi connectivity index (χ4n) is 2.77. The second-order valence-electron chi connectivity index (χ2n) is 5.44. The van der Waals surface area contributed by atoms with Crippen LogP contribution in [-0.4, -0.2) is 32.8 Å². The number of ether oxygens (including phenoxy) is 4. The van der Waals surface area contributed by atoms with Crippen LogP contribution in [0.3, 0.4) is 0 Å². The molecule has 2 N–H and O–H groups in total. The summed E-state index contributed by atoms with van der Waals surface area (Å²) in [5.41, 5.74) is 9.48. The SMILES string of the molecule is CC.COc1ccc(-c2sncc2-c2cc(OC)c(OC)c(OC)c2)cc1N. The summed E-state index contributed by atoms with van der Waals surface area (Å²) in [6.45, 7) is 4.00. The lowest BCUT2D eigenvalue weighted by atomic mass is 10.0. The van der Waals surface area contributed by atoms with Crippen molar-refractivity contribution in [3.8, 4) is 44.6 Å². The quantitative estimate of drug-likeness (QED) is 0.577. The number of hydrogen-bond donors (Lipinski definition) is 1. The highest BCUT2D eigenvalue weighted by atomic mass is 32.1. The molecule has 1 heterocycles.